The van der Waals surface area contributed by atoms with Crippen LogP contribution in [-0.2, 0) is 14.3 Å². The number of ether oxygens (including phenoxy) is 1. The smallest absolute Gasteiger partial charge is 0.370 e. The molecule has 0 saturated heterocycles. The van der Waals surface area contributed by atoms with E-state index in [1.54, 1.807) is 0 Å². The molecule has 2 aliphatic carbocycles. The van der Waals surface area contributed by atoms with Gasteiger partial charge in [-0.3, -0.25) is 18.8 Å². The van der Waals surface area contributed by atoms with E-state index in [1.165, 1.54) is 0 Å². The molecule has 0 radical (unpaired) electrons. The van der Waals surface area contributed by atoms with E-state index in [0.29, 0.717) is 18.3 Å². The Bertz CT molecular complexity index is 662. The lowest BCUT2D eigenvalue weighted by molar-refractivity contribution is -0.348. The molecule has 0 aliphatic heterocycles. The predicted octanol–water partition coefficient (Wildman–Crippen LogP) is 2.42. The van der Waals surface area contributed by atoms with Gasteiger partial charge in [0.25, 0.3) is 5.72 Å². The number of amides is 2. The highest BCUT2D eigenvalue weighted by atomic mass is 32.1. The van der Waals surface area contributed by atoms with Crippen LogP contribution in [0.3, 0.4) is 0 Å². The summed E-state index contributed by atoms with van der Waals surface area (Å²) >= 11 is 3.74. The van der Waals surface area contributed by atoms with Crippen LogP contribution < -0.4 is 0 Å². The number of hydrogen-bond donors (Lipinski definition) is 2. The molecule has 6 nitrogen and oxygen atoms in total. The number of methoxy groups -OCH3 is 1. The first-order valence-corrected chi connectivity index (χ1v) is 8.62. The van der Waals surface area contributed by atoms with Crippen molar-refractivity contribution < 1.29 is 45.8 Å². The Morgan fingerprint density at radius 2 is 1.50 bits per heavy atom. The van der Waals surface area contributed by atoms with Gasteiger partial charge in [-0.25, -0.2) is 0 Å². The van der Waals surface area contributed by atoms with E-state index in [1.807, 2.05) is 0 Å². The van der Waals surface area contributed by atoms with Crippen molar-refractivity contribution in [3.8, 4) is 0 Å². The molecule has 0 spiro atoms. The molecule has 0 heterocycles. The molecule has 162 valence electrons. The average Bonchev–Trinajstić information content (AvgIpc) is 3.39. The summed E-state index contributed by atoms with van der Waals surface area (Å²) in [7, 11) is 0.663. The van der Waals surface area contributed by atoms with Crippen molar-refractivity contribution in [1.82, 2.24) is 9.21 Å². The Kier molecular flexibility index (Phi) is 5.49. The van der Waals surface area contributed by atoms with Crippen LogP contribution in [0.15, 0.2) is 0 Å². The minimum atomic E-state index is -5.58. The van der Waals surface area contributed by atoms with E-state index in [0.717, 1.165) is 6.92 Å². The first kappa shape index (κ1) is 23.1. The Morgan fingerprint density at radius 3 is 1.71 bits per heavy atom. The van der Waals surface area contributed by atoms with E-state index in [-0.39, 0.29) is 4.90 Å². The second kappa shape index (κ2) is 6.66. The molecule has 0 aromatic heterocycles. The first-order valence-electron chi connectivity index (χ1n) is 8.22. The highest BCUT2D eigenvalue weighted by Crippen LogP contribution is 2.63. The van der Waals surface area contributed by atoms with E-state index in [9.17, 15) is 41.0 Å². The van der Waals surface area contributed by atoms with Crippen LogP contribution in [-0.4, -0.2) is 68.5 Å². The summed E-state index contributed by atoms with van der Waals surface area (Å²) < 4.78 is 87.6. The molecular weight excluding hydrogens is 418 g/mol. The number of thiol groups is 1. The van der Waals surface area contributed by atoms with Crippen LogP contribution in [0.5, 0.6) is 0 Å². The van der Waals surface area contributed by atoms with Crippen molar-refractivity contribution in [2.24, 2.45) is 0 Å². The Hall–Kier alpha value is -1.21. The molecule has 2 atom stereocenters. The molecule has 2 rings (SSSR count). The molecule has 13 heteroatoms. The number of halogens is 6. The summed E-state index contributed by atoms with van der Waals surface area (Å²) in [5.74, 6) is -2.39. The number of rotatable bonds is 6. The van der Waals surface area contributed by atoms with Gasteiger partial charge in [-0.2, -0.15) is 26.3 Å². The van der Waals surface area contributed by atoms with E-state index in [2.05, 4.69) is 17.6 Å². The summed E-state index contributed by atoms with van der Waals surface area (Å²) in [6, 6.07) is 0. The van der Waals surface area contributed by atoms with Gasteiger partial charge in [0.1, 0.15) is 5.54 Å². The van der Waals surface area contributed by atoms with E-state index < -0.39 is 72.8 Å². The molecule has 0 unspecified atom stereocenters. The minimum Gasteiger partial charge on any atom is -0.370 e. The van der Waals surface area contributed by atoms with Gasteiger partial charge in [0.05, 0.1) is 5.54 Å². The topological polar surface area (TPSA) is 70.1 Å². The zero-order chi connectivity index (χ0) is 21.9. The van der Waals surface area contributed by atoms with Crippen LogP contribution in [0.25, 0.3) is 0 Å². The van der Waals surface area contributed by atoms with Crippen molar-refractivity contribution in [1.29, 1.82) is 0 Å². The standard InChI is InChI=1S/C15H20F6N2O4S/c1-8(24)22(11(4-5-11)10(27-3)13(16,17)18)14(26,15(19,20)21)12(6-7-12)23(28)9(2)25/h10,26,28H,4-7H2,1-3H3/t10-,14-/m0/s1. The van der Waals surface area contributed by atoms with Gasteiger partial charge in [0, 0.05) is 21.0 Å². The van der Waals surface area contributed by atoms with Gasteiger partial charge >= 0.3 is 12.4 Å². The molecule has 28 heavy (non-hydrogen) atoms. The van der Waals surface area contributed by atoms with Gasteiger partial charge in [-0.15, -0.1) is 0 Å². The maximum Gasteiger partial charge on any atom is 0.439 e. The fourth-order valence-electron chi connectivity index (χ4n) is 3.98. The number of alkyl halides is 6. The average molecular weight is 438 g/mol. The predicted molar refractivity (Wildman–Crippen MR) is 85.8 cm³/mol. The highest BCUT2D eigenvalue weighted by Gasteiger charge is 2.82. The zero-order valence-electron chi connectivity index (χ0n) is 15.2. The Labute approximate surface area is 162 Å². The molecular formula is C15H20F6N2O4S. The molecule has 2 amide bonds. The maximum absolute atomic E-state index is 14.2. The monoisotopic (exact) mass is 438 g/mol. The van der Waals surface area contributed by atoms with Crippen LogP contribution in [0.2, 0.25) is 0 Å². The zero-order valence-corrected chi connectivity index (χ0v) is 16.1. The molecule has 0 bridgehead atoms. The summed E-state index contributed by atoms with van der Waals surface area (Å²) in [5, 5.41) is 10.9. The lowest BCUT2D eigenvalue weighted by Gasteiger charge is -2.52. The van der Waals surface area contributed by atoms with Gasteiger partial charge in [0.2, 0.25) is 11.8 Å². The fourth-order valence-corrected chi connectivity index (χ4v) is 4.32. The summed E-state index contributed by atoms with van der Waals surface area (Å²) in [6.45, 7) is 1.52. The number of aliphatic hydroxyl groups is 1. The number of carbonyl (C=O) groups is 2. The van der Waals surface area contributed by atoms with Crippen LogP contribution in [0.4, 0.5) is 26.3 Å². The van der Waals surface area contributed by atoms with Crippen molar-refractivity contribution in [3.63, 3.8) is 0 Å². The molecule has 0 aromatic carbocycles. The fraction of sp³-hybridized carbons (Fsp3) is 0.867. The lowest BCUT2D eigenvalue weighted by atomic mass is 9.92. The van der Waals surface area contributed by atoms with Crippen molar-refractivity contribution in [2.75, 3.05) is 7.11 Å². The van der Waals surface area contributed by atoms with Gasteiger partial charge in [-0.1, -0.05) is 12.8 Å². The van der Waals surface area contributed by atoms with Crippen LogP contribution in [0.1, 0.15) is 39.5 Å². The third-order valence-corrected chi connectivity index (χ3v) is 6.00. The van der Waals surface area contributed by atoms with Crippen molar-refractivity contribution in [3.05, 3.63) is 0 Å². The molecule has 2 aliphatic rings. The summed E-state index contributed by atoms with van der Waals surface area (Å²) in [5.41, 5.74) is -8.95. The lowest BCUT2D eigenvalue weighted by Crippen LogP contribution is -2.76. The van der Waals surface area contributed by atoms with Crippen LogP contribution >= 0.6 is 12.8 Å². The van der Waals surface area contributed by atoms with E-state index >= 15 is 0 Å². The van der Waals surface area contributed by atoms with Gasteiger partial charge in [0.15, 0.2) is 6.10 Å². The van der Waals surface area contributed by atoms with Gasteiger partial charge in [-0.05, 0) is 25.7 Å². The normalized spacial score (nSPS) is 23.4. The molecule has 0 aromatic rings. The molecule has 2 fully saturated rings. The maximum atomic E-state index is 14.2. The highest BCUT2D eigenvalue weighted by molar-refractivity contribution is 7.78. The Balaban J connectivity index is 2.70. The minimum absolute atomic E-state index is 0.194. The summed E-state index contributed by atoms with van der Waals surface area (Å²) in [6.07, 6.45) is -15.2. The van der Waals surface area contributed by atoms with E-state index in [4.69, 9.17) is 0 Å². The molecule has 2 saturated carbocycles. The second-order valence-electron chi connectivity index (χ2n) is 7.15. The van der Waals surface area contributed by atoms with Crippen molar-refractivity contribution in [2.45, 2.75) is 74.8 Å². The quantitative estimate of drug-likeness (QED) is 0.380. The Morgan fingerprint density at radius 1 is 1.04 bits per heavy atom. The largest absolute Gasteiger partial charge is 0.439 e. The van der Waals surface area contributed by atoms with Crippen LogP contribution in [0, 0.1) is 0 Å². The second-order valence-corrected chi connectivity index (χ2v) is 7.55. The first-order chi connectivity index (χ1) is 12.5. The third kappa shape index (κ3) is 3.15. The van der Waals surface area contributed by atoms with Crippen molar-refractivity contribution >= 4 is 24.6 Å². The summed E-state index contributed by atoms with van der Waals surface area (Å²) in [4.78, 5) is 23.7. The SMILES string of the molecule is CO[C@H](C(F)(F)F)C1(N(C(C)=O)[C@@](O)(C(F)(F)F)C2(N(S)C(C)=O)CC2)CC1. The number of nitrogens with zero attached hydrogens (tertiary/aromatic N) is 2. The number of carbonyl (C=O) groups excluding carboxylic acids is 2. The third-order valence-electron chi connectivity index (χ3n) is 5.34. The number of hydrogen-bond acceptors (Lipinski definition) is 5. The van der Waals surface area contributed by atoms with Gasteiger partial charge < -0.3 is 9.84 Å². The molecule has 1 N–H and O–H groups in total.